The molecule has 0 saturated heterocycles. The third-order valence-electron chi connectivity index (χ3n) is 7.84. The predicted octanol–water partition coefficient (Wildman–Crippen LogP) is 6.22. The normalized spacial score (nSPS) is 15.7. The Hall–Kier alpha value is -5.24. The standard InChI is InChI=1S/C38H36N8O3S2/c47-32-26-48-33-18-9-7-16-30(33)24-39-45-35(22-28-12-3-1-4-13-28)41-43-37(45)50-20-11-21-51-38-44-42-36(23-29-14-5-2-6-15-29)46(38)40-25-31-17-8-10-19-34(31)49-27-32/h1-10,12-19,24-25,32,47H,11,20-23,26-27H2/b39-24+,40-25+. The van der Waals surface area contributed by atoms with E-state index < -0.39 is 6.10 Å². The Kier molecular flexibility index (Phi) is 11.5. The van der Waals surface area contributed by atoms with Crippen LogP contribution in [0.2, 0.25) is 0 Å². The van der Waals surface area contributed by atoms with Gasteiger partial charge in [-0.1, -0.05) is 108 Å². The van der Waals surface area contributed by atoms with E-state index in [0.717, 1.165) is 51.8 Å². The number of rotatable bonds is 4. The molecular weight excluding hydrogens is 681 g/mol. The van der Waals surface area contributed by atoms with E-state index in [2.05, 4.69) is 44.7 Å². The largest absolute Gasteiger partial charge is 0.490 e. The summed E-state index contributed by atoms with van der Waals surface area (Å²) in [5, 5.41) is 40.1. The lowest BCUT2D eigenvalue weighted by Crippen LogP contribution is -2.25. The lowest BCUT2D eigenvalue weighted by molar-refractivity contribution is 0.0625. The smallest absolute Gasteiger partial charge is 0.212 e. The van der Waals surface area contributed by atoms with Crippen molar-refractivity contribution in [1.82, 2.24) is 29.7 Å². The maximum absolute atomic E-state index is 10.9. The first-order chi connectivity index (χ1) is 25.2. The van der Waals surface area contributed by atoms with Gasteiger partial charge in [0.1, 0.15) is 30.8 Å². The van der Waals surface area contributed by atoms with Crippen molar-refractivity contribution in [3.63, 3.8) is 0 Å². The number of nitrogens with zero attached hydrogens (tertiary/aromatic N) is 8. The fraction of sp³-hybridized carbons (Fsp3) is 0.211. The summed E-state index contributed by atoms with van der Waals surface area (Å²) in [7, 11) is 0. The molecule has 0 spiro atoms. The van der Waals surface area contributed by atoms with Gasteiger partial charge in [-0.15, -0.1) is 20.4 Å². The number of aliphatic hydroxyl groups excluding tert-OH is 1. The molecular formula is C38H36N8O3S2. The van der Waals surface area contributed by atoms with Gasteiger partial charge in [0.15, 0.2) is 11.6 Å². The van der Waals surface area contributed by atoms with E-state index in [9.17, 15) is 5.11 Å². The molecule has 51 heavy (non-hydrogen) atoms. The minimum Gasteiger partial charge on any atom is -0.490 e. The van der Waals surface area contributed by atoms with Crippen LogP contribution in [0.15, 0.2) is 130 Å². The molecule has 6 aromatic rings. The lowest BCUT2D eigenvalue weighted by atomic mass is 10.1. The van der Waals surface area contributed by atoms with Gasteiger partial charge in [0.2, 0.25) is 10.3 Å². The molecule has 0 aliphatic carbocycles. The third kappa shape index (κ3) is 9.11. The molecule has 0 amide bonds. The monoisotopic (exact) mass is 716 g/mol. The molecule has 0 bridgehead atoms. The second kappa shape index (κ2) is 17.1. The molecule has 0 fully saturated rings. The number of hydrogen-bond donors (Lipinski definition) is 1. The summed E-state index contributed by atoms with van der Waals surface area (Å²) >= 11 is 3.21. The molecule has 3 heterocycles. The van der Waals surface area contributed by atoms with Gasteiger partial charge in [0.25, 0.3) is 0 Å². The van der Waals surface area contributed by atoms with E-state index in [1.807, 2.05) is 84.9 Å². The van der Waals surface area contributed by atoms with Crippen molar-refractivity contribution in [2.45, 2.75) is 35.7 Å². The minimum absolute atomic E-state index is 0.0260. The van der Waals surface area contributed by atoms with Crippen molar-refractivity contribution in [3.8, 4) is 11.5 Å². The fourth-order valence-electron chi connectivity index (χ4n) is 5.26. The fourth-order valence-corrected chi connectivity index (χ4v) is 7.14. The molecule has 2 aromatic heterocycles. The number of aromatic nitrogens is 6. The number of fused-ring (bicyclic) bond motifs is 4. The van der Waals surface area contributed by atoms with E-state index in [1.54, 1.807) is 45.3 Å². The first kappa shape index (κ1) is 34.2. The highest BCUT2D eigenvalue weighted by atomic mass is 32.2. The maximum atomic E-state index is 10.9. The van der Waals surface area contributed by atoms with Crippen LogP contribution < -0.4 is 9.47 Å². The highest BCUT2D eigenvalue weighted by molar-refractivity contribution is 8.00. The SMILES string of the molecule is OC1COc2ccccc2/C=N/n2c(Cc3ccccc3)nnc2SCCCSc2nnc(Cc3ccccc3)n2/N=C/c2ccccc2OC1. The van der Waals surface area contributed by atoms with Gasteiger partial charge in [-0.3, -0.25) is 0 Å². The Morgan fingerprint density at radius 2 is 1.00 bits per heavy atom. The Morgan fingerprint density at radius 3 is 1.47 bits per heavy atom. The van der Waals surface area contributed by atoms with E-state index in [0.29, 0.717) is 34.7 Å². The molecule has 0 saturated carbocycles. The summed E-state index contributed by atoms with van der Waals surface area (Å²) in [6, 6.07) is 35.5. The average Bonchev–Trinajstić information content (AvgIpc) is 3.74. The topological polar surface area (TPSA) is 125 Å². The second-order valence-corrected chi connectivity index (χ2v) is 13.8. The van der Waals surface area contributed by atoms with Crippen LogP contribution in [-0.2, 0) is 12.8 Å². The lowest BCUT2D eigenvalue weighted by Gasteiger charge is -2.16. The maximum Gasteiger partial charge on any atom is 0.212 e. The first-order valence-electron chi connectivity index (χ1n) is 16.6. The highest BCUT2D eigenvalue weighted by Gasteiger charge is 2.16. The summed E-state index contributed by atoms with van der Waals surface area (Å²) in [5.41, 5.74) is 3.75. The van der Waals surface area contributed by atoms with Gasteiger partial charge in [-0.05, 0) is 41.8 Å². The highest BCUT2D eigenvalue weighted by Crippen LogP contribution is 2.25. The quantitative estimate of drug-likeness (QED) is 0.226. The van der Waals surface area contributed by atoms with Gasteiger partial charge in [0, 0.05) is 35.5 Å². The molecule has 4 aromatic carbocycles. The van der Waals surface area contributed by atoms with Crippen LogP contribution in [0.25, 0.3) is 0 Å². The molecule has 0 atom stereocenters. The van der Waals surface area contributed by atoms with Crippen molar-refractivity contribution in [1.29, 1.82) is 0 Å². The predicted molar refractivity (Wildman–Crippen MR) is 200 cm³/mol. The Labute approximate surface area is 304 Å². The molecule has 1 N–H and O–H groups in total. The van der Waals surface area contributed by atoms with Crippen molar-refractivity contribution < 1.29 is 14.6 Å². The van der Waals surface area contributed by atoms with Crippen molar-refractivity contribution in [2.24, 2.45) is 10.2 Å². The summed E-state index contributed by atoms with van der Waals surface area (Å²) in [5.74, 6) is 4.23. The van der Waals surface area contributed by atoms with E-state index >= 15 is 0 Å². The Balaban J connectivity index is 1.18. The molecule has 0 unspecified atom stereocenters. The van der Waals surface area contributed by atoms with E-state index in [4.69, 9.17) is 19.7 Å². The summed E-state index contributed by atoms with van der Waals surface area (Å²) in [4.78, 5) is 0. The van der Waals surface area contributed by atoms with Crippen molar-refractivity contribution in [2.75, 3.05) is 24.7 Å². The number of hydrogen-bond acceptors (Lipinski definition) is 11. The average molecular weight is 717 g/mol. The molecule has 7 rings (SSSR count). The van der Waals surface area contributed by atoms with E-state index in [-0.39, 0.29) is 13.2 Å². The van der Waals surface area contributed by atoms with Crippen LogP contribution in [0.3, 0.4) is 0 Å². The number of ether oxygens (including phenoxy) is 2. The van der Waals surface area contributed by atoms with Gasteiger partial charge in [0.05, 0.1) is 12.4 Å². The zero-order valence-corrected chi connectivity index (χ0v) is 29.4. The first-order valence-corrected chi connectivity index (χ1v) is 18.6. The summed E-state index contributed by atoms with van der Waals surface area (Å²) in [6.45, 7) is 0.0521. The molecule has 1 aliphatic rings. The number of benzene rings is 4. The minimum atomic E-state index is -0.894. The van der Waals surface area contributed by atoms with Crippen LogP contribution >= 0.6 is 23.5 Å². The van der Waals surface area contributed by atoms with Crippen LogP contribution in [0.4, 0.5) is 0 Å². The number of para-hydroxylation sites is 2. The zero-order chi connectivity index (χ0) is 34.7. The molecule has 1 aliphatic heterocycles. The molecule has 11 nitrogen and oxygen atoms in total. The molecule has 0 radical (unpaired) electrons. The summed E-state index contributed by atoms with van der Waals surface area (Å²) in [6.07, 6.45) is 4.64. The van der Waals surface area contributed by atoms with Gasteiger partial charge < -0.3 is 14.6 Å². The third-order valence-corrected chi connectivity index (χ3v) is 9.85. The van der Waals surface area contributed by atoms with Gasteiger partial charge in [-0.2, -0.15) is 19.6 Å². The second-order valence-electron chi connectivity index (χ2n) is 11.6. The Bertz CT molecular complexity index is 1940. The summed E-state index contributed by atoms with van der Waals surface area (Å²) < 4.78 is 15.8. The van der Waals surface area contributed by atoms with Crippen LogP contribution in [0, 0.1) is 0 Å². The number of aliphatic hydroxyl groups is 1. The van der Waals surface area contributed by atoms with Crippen molar-refractivity contribution >= 4 is 36.0 Å². The zero-order valence-electron chi connectivity index (χ0n) is 27.7. The van der Waals surface area contributed by atoms with E-state index in [1.165, 1.54) is 0 Å². The van der Waals surface area contributed by atoms with Crippen LogP contribution in [0.1, 0.15) is 40.3 Å². The van der Waals surface area contributed by atoms with Crippen LogP contribution in [-0.4, -0.2) is 78.1 Å². The van der Waals surface area contributed by atoms with Crippen LogP contribution in [0.5, 0.6) is 11.5 Å². The molecule has 258 valence electrons. The van der Waals surface area contributed by atoms with Gasteiger partial charge in [-0.25, -0.2) is 0 Å². The number of thioether (sulfide) groups is 2. The Morgan fingerprint density at radius 1 is 0.569 bits per heavy atom. The van der Waals surface area contributed by atoms with Crippen molar-refractivity contribution in [3.05, 3.63) is 143 Å². The molecule has 13 heteroatoms. The van der Waals surface area contributed by atoms with Gasteiger partial charge >= 0.3 is 0 Å².